The maximum atomic E-state index is 8.36. The Kier molecular flexibility index (Phi) is 7.87. The summed E-state index contributed by atoms with van der Waals surface area (Å²) < 4.78 is 28.5. The standard InChI is InChI=1S/C52H45N4Si/c1-37(2)44-23-10-11-24-45(44)38-31-32-53-52(33-38)56-48-26-13-12-25-46(48)47-30-29-43(35-51(47)56)57(40-18-6-4-7-19-40,41-20-8-5-9-21-41)42-22-16-17-39(34-42)55-36-54(3)49-27-14-15-28-50(49)55/h4-37,46,48H,1-3H3/q+1/i3D3. The second kappa shape index (κ2) is 14.2. The van der Waals surface area contributed by atoms with Crippen molar-refractivity contribution in [2.75, 3.05) is 4.90 Å². The third-order valence-electron chi connectivity index (χ3n) is 12.0. The molecule has 0 amide bonds. The monoisotopic (exact) mass is 756 g/mol. The molecule has 1 aliphatic carbocycles. The highest BCUT2D eigenvalue weighted by Gasteiger charge is 2.45. The van der Waals surface area contributed by atoms with Crippen LogP contribution >= 0.6 is 0 Å². The van der Waals surface area contributed by atoms with E-state index in [9.17, 15) is 0 Å². The van der Waals surface area contributed by atoms with Crippen LogP contribution in [-0.2, 0) is 6.98 Å². The van der Waals surface area contributed by atoms with Gasteiger partial charge in [-0.1, -0.05) is 159 Å². The Morgan fingerprint density at radius 2 is 1.37 bits per heavy atom. The Hall–Kier alpha value is -6.56. The number of allylic oxidation sites excluding steroid dienone is 2. The molecular weight excluding hydrogens is 709 g/mol. The van der Waals surface area contributed by atoms with Crippen molar-refractivity contribution in [1.82, 2.24) is 9.55 Å². The van der Waals surface area contributed by atoms with Gasteiger partial charge >= 0.3 is 0 Å². The fourth-order valence-corrected chi connectivity index (χ4v) is 14.2. The molecule has 0 saturated heterocycles. The number of anilines is 2. The molecule has 0 N–H and O–H groups in total. The zero-order valence-corrected chi connectivity index (χ0v) is 33.1. The number of hydrogen-bond donors (Lipinski definition) is 0. The molecule has 10 rings (SSSR count). The van der Waals surface area contributed by atoms with E-state index in [0.717, 1.165) is 28.3 Å². The van der Waals surface area contributed by atoms with Crippen molar-refractivity contribution in [3.05, 3.63) is 212 Å². The molecule has 6 aromatic carbocycles. The molecule has 1 aliphatic heterocycles. The summed E-state index contributed by atoms with van der Waals surface area (Å²) >= 11 is 0. The number of aryl methyl sites for hydroxylation is 1. The van der Waals surface area contributed by atoms with Crippen molar-refractivity contribution in [2.45, 2.75) is 31.7 Å². The topological polar surface area (TPSA) is 24.9 Å². The Morgan fingerprint density at radius 1 is 0.667 bits per heavy atom. The molecule has 2 atom stereocenters. The molecule has 3 heterocycles. The van der Waals surface area contributed by atoms with Crippen LogP contribution in [0.2, 0.25) is 0 Å². The van der Waals surface area contributed by atoms with Gasteiger partial charge in [0, 0.05) is 17.8 Å². The average Bonchev–Trinajstić information content (AvgIpc) is 3.85. The minimum absolute atomic E-state index is 0.0723. The molecule has 2 aromatic heterocycles. The van der Waals surface area contributed by atoms with E-state index in [4.69, 9.17) is 9.10 Å². The lowest BCUT2D eigenvalue weighted by molar-refractivity contribution is -0.645. The molecule has 0 saturated carbocycles. The van der Waals surface area contributed by atoms with Crippen LogP contribution in [0.15, 0.2) is 201 Å². The highest BCUT2D eigenvalue weighted by Crippen LogP contribution is 2.47. The van der Waals surface area contributed by atoms with Gasteiger partial charge in [0.05, 0.1) is 17.1 Å². The first-order valence-electron chi connectivity index (χ1n) is 21.3. The minimum atomic E-state index is -3.08. The molecule has 4 nitrogen and oxygen atoms in total. The Bertz CT molecular complexity index is 2890. The van der Waals surface area contributed by atoms with E-state index < -0.39 is 15.0 Å². The lowest BCUT2D eigenvalue weighted by atomic mass is 9.91. The van der Waals surface area contributed by atoms with E-state index in [2.05, 4.69) is 183 Å². The van der Waals surface area contributed by atoms with Crippen molar-refractivity contribution in [3.63, 3.8) is 0 Å². The molecule has 276 valence electrons. The number of hydrogen-bond acceptors (Lipinski definition) is 2. The number of fused-ring (bicyclic) bond motifs is 4. The molecule has 57 heavy (non-hydrogen) atoms. The summed E-state index contributed by atoms with van der Waals surface area (Å²) in [5, 5.41) is 4.97. The van der Waals surface area contributed by atoms with Gasteiger partial charge in [0.25, 0.3) is 0 Å². The lowest BCUT2D eigenvalue weighted by Crippen LogP contribution is -2.74. The number of aromatic nitrogens is 3. The zero-order valence-electron chi connectivity index (χ0n) is 35.1. The fourth-order valence-electron chi connectivity index (χ4n) is 9.40. The summed E-state index contributed by atoms with van der Waals surface area (Å²) in [7, 11) is -3.08. The lowest BCUT2D eigenvalue weighted by Gasteiger charge is -2.35. The first kappa shape index (κ1) is 31.6. The Morgan fingerprint density at radius 3 is 2.16 bits per heavy atom. The summed E-state index contributed by atoms with van der Waals surface area (Å²) in [6, 6.07) is 58.8. The number of rotatable bonds is 8. The van der Waals surface area contributed by atoms with Crippen LogP contribution in [0.5, 0.6) is 0 Å². The number of benzene rings is 6. The van der Waals surface area contributed by atoms with Gasteiger partial charge in [-0.25, -0.2) is 9.55 Å². The van der Waals surface area contributed by atoms with Gasteiger partial charge < -0.3 is 4.90 Å². The van der Waals surface area contributed by atoms with Gasteiger partial charge in [-0.05, 0) is 91.4 Å². The predicted octanol–water partition coefficient (Wildman–Crippen LogP) is 8.75. The predicted molar refractivity (Wildman–Crippen MR) is 239 cm³/mol. The van der Waals surface area contributed by atoms with Crippen LogP contribution in [0.1, 0.15) is 40.9 Å². The molecule has 5 heteroatoms. The smallest absolute Gasteiger partial charge is 0.249 e. The maximum Gasteiger partial charge on any atom is 0.249 e. The molecule has 2 aliphatic rings. The third-order valence-corrected chi connectivity index (χ3v) is 16.7. The first-order valence-corrected chi connectivity index (χ1v) is 21.8. The second-order valence-electron chi connectivity index (χ2n) is 15.5. The van der Waals surface area contributed by atoms with E-state index >= 15 is 0 Å². The van der Waals surface area contributed by atoms with Gasteiger partial charge in [0.15, 0.2) is 19.1 Å². The van der Waals surface area contributed by atoms with Crippen LogP contribution in [0.4, 0.5) is 11.5 Å². The van der Waals surface area contributed by atoms with Crippen LogP contribution in [-0.4, -0.2) is 23.7 Å². The highest BCUT2D eigenvalue weighted by atomic mass is 28.3. The molecule has 2 unspecified atom stereocenters. The van der Waals surface area contributed by atoms with Gasteiger partial charge in [0.2, 0.25) is 6.33 Å². The minimum Gasteiger partial charge on any atom is -0.318 e. The Balaban J connectivity index is 1.21. The van der Waals surface area contributed by atoms with Gasteiger partial charge in [0.1, 0.15) is 11.5 Å². The van der Waals surface area contributed by atoms with E-state index in [0.29, 0.717) is 11.4 Å². The molecular formula is C52H45N4Si+. The van der Waals surface area contributed by atoms with Crippen LogP contribution in [0.25, 0.3) is 27.8 Å². The van der Waals surface area contributed by atoms with Crippen LogP contribution in [0, 0.1) is 0 Å². The summed E-state index contributed by atoms with van der Waals surface area (Å²) in [6.07, 6.45) is 12.7. The van der Waals surface area contributed by atoms with Gasteiger partial charge in [-0.15, -0.1) is 0 Å². The normalized spacial score (nSPS) is 17.0. The highest BCUT2D eigenvalue weighted by molar-refractivity contribution is 7.20. The van der Waals surface area contributed by atoms with Crippen LogP contribution < -0.4 is 30.2 Å². The number of nitrogens with zero attached hydrogens (tertiary/aromatic N) is 4. The Labute approximate surface area is 340 Å². The van der Waals surface area contributed by atoms with Crippen LogP contribution in [0.3, 0.4) is 0 Å². The van der Waals surface area contributed by atoms with E-state index in [1.165, 1.54) is 42.0 Å². The molecule has 0 fully saturated rings. The van der Waals surface area contributed by atoms with E-state index in [1.54, 1.807) is 6.33 Å². The van der Waals surface area contributed by atoms with Gasteiger partial charge in [-0.3, -0.25) is 0 Å². The SMILES string of the molecule is [2H]C([2H])([2H])[n+]1cn(-c2cccc([Si](c3ccccc3)(c3ccccc3)c3ccc4c(c3)N(c3cc(-c5ccccc5C(C)C)ccn3)C3C=CC=CC43)c2)c2ccccc21. The van der Waals surface area contributed by atoms with E-state index in [1.807, 2.05) is 35.0 Å². The largest absolute Gasteiger partial charge is 0.318 e. The van der Waals surface area contributed by atoms with Gasteiger partial charge in [-0.2, -0.15) is 4.57 Å². The van der Waals surface area contributed by atoms with Crippen molar-refractivity contribution in [1.29, 1.82) is 0 Å². The quantitative estimate of drug-likeness (QED) is 0.0881. The third kappa shape index (κ3) is 5.72. The molecule has 0 spiro atoms. The fraction of sp³-hybridized carbons (Fsp3) is 0.115. The average molecular weight is 757 g/mol. The number of para-hydroxylation sites is 2. The number of pyridine rings is 1. The van der Waals surface area contributed by atoms with E-state index in [-0.39, 0.29) is 12.0 Å². The van der Waals surface area contributed by atoms with Crippen molar-refractivity contribution < 1.29 is 8.68 Å². The second-order valence-corrected chi connectivity index (χ2v) is 19.3. The zero-order chi connectivity index (χ0) is 41.0. The summed E-state index contributed by atoms with van der Waals surface area (Å²) in [4.78, 5) is 7.56. The van der Waals surface area contributed by atoms with Crippen molar-refractivity contribution >= 4 is 51.4 Å². The molecule has 8 aromatic rings. The summed E-state index contributed by atoms with van der Waals surface area (Å²) in [5.74, 6) is 1.48. The molecule has 0 bridgehead atoms. The molecule has 0 radical (unpaired) electrons. The summed E-state index contributed by atoms with van der Waals surface area (Å²) in [6.45, 7) is 2.17. The number of imidazole rings is 1. The van der Waals surface area contributed by atoms with Crippen molar-refractivity contribution in [3.8, 4) is 16.8 Å². The van der Waals surface area contributed by atoms with Crippen molar-refractivity contribution in [2.24, 2.45) is 6.98 Å². The summed E-state index contributed by atoms with van der Waals surface area (Å²) in [5.41, 5.74) is 8.56. The maximum absolute atomic E-state index is 8.36. The first-order chi connectivity index (χ1) is 29.2.